The number of aromatic nitrogens is 1. The summed E-state index contributed by atoms with van der Waals surface area (Å²) in [7, 11) is 0. The molecule has 0 saturated heterocycles. The number of aryl methyl sites for hydroxylation is 3. The Kier molecular flexibility index (Phi) is 5.81. The van der Waals surface area contributed by atoms with Gasteiger partial charge >= 0.3 is 0 Å². The van der Waals surface area contributed by atoms with Crippen LogP contribution in [-0.2, 0) is 24.2 Å². The van der Waals surface area contributed by atoms with E-state index in [0.29, 0.717) is 6.42 Å². The highest BCUT2D eigenvalue weighted by atomic mass is 16.1. The molecule has 1 unspecified atom stereocenters. The van der Waals surface area contributed by atoms with Crippen LogP contribution in [0, 0.1) is 6.92 Å². The van der Waals surface area contributed by atoms with Crippen LogP contribution in [0.5, 0.6) is 0 Å². The zero-order chi connectivity index (χ0) is 21.9. The highest BCUT2D eigenvalue weighted by Gasteiger charge is 2.21. The standard InChI is InChI=1S/C29H30N2O/c1-21-9-2-3-11-23(21)19-31-20-24(26-14-6-7-16-28(26)31)17-18-29(32)30-27-15-8-12-22-10-4-5-13-25(22)27/h2-7,9-11,13-14,16,20,27H,8,12,15,17-19H2,1H3,(H,30,32). The third-order valence-corrected chi connectivity index (χ3v) is 6.80. The first-order valence-electron chi connectivity index (χ1n) is 11.7. The number of benzene rings is 3. The zero-order valence-electron chi connectivity index (χ0n) is 18.7. The monoisotopic (exact) mass is 422 g/mol. The third kappa shape index (κ3) is 4.20. The molecule has 0 spiro atoms. The fourth-order valence-corrected chi connectivity index (χ4v) is 5.04. The van der Waals surface area contributed by atoms with Crippen LogP contribution in [0.1, 0.15) is 53.1 Å². The topological polar surface area (TPSA) is 34.0 Å². The van der Waals surface area contributed by atoms with E-state index < -0.39 is 0 Å². The normalized spacial score (nSPS) is 15.5. The minimum absolute atomic E-state index is 0.141. The molecule has 1 aromatic heterocycles. The van der Waals surface area contributed by atoms with Crippen LogP contribution in [0.2, 0.25) is 0 Å². The number of carbonyl (C=O) groups excluding carboxylic acids is 1. The number of amides is 1. The van der Waals surface area contributed by atoms with Gasteiger partial charge in [0.05, 0.1) is 6.04 Å². The van der Waals surface area contributed by atoms with Crippen LogP contribution >= 0.6 is 0 Å². The molecule has 3 aromatic carbocycles. The largest absolute Gasteiger partial charge is 0.349 e. The van der Waals surface area contributed by atoms with E-state index in [-0.39, 0.29) is 11.9 Å². The van der Waals surface area contributed by atoms with Gasteiger partial charge in [-0.05, 0) is 66.5 Å². The fraction of sp³-hybridized carbons (Fsp3) is 0.276. The number of nitrogens with one attached hydrogen (secondary N) is 1. The van der Waals surface area contributed by atoms with E-state index >= 15 is 0 Å². The zero-order valence-corrected chi connectivity index (χ0v) is 18.7. The quantitative estimate of drug-likeness (QED) is 0.399. The molecule has 1 atom stereocenters. The van der Waals surface area contributed by atoms with E-state index in [1.807, 2.05) is 0 Å². The van der Waals surface area contributed by atoms with Crippen LogP contribution in [0.15, 0.2) is 79.0 Å². The Morgan fingerprint density at radius 3 is 2.66 bits per heavy atom. The molecule has 1 amide bonds. The van der Waals surface area contributed by atoms with Crippen LogP contribution in [0.3, 0.4) is 0 Å². The lowest BCUT2D eigenvalue weighted by atomic mass is 9.87. The van der Waals surface area contributed by atoms with Crippen molar-refractivity contribution in [3.8, 4) is 0 Å². The highest BCUT2D eigenvalue weighted by molar-refractivity contribution is 5.85. The van der Waals surface area contributed by atoms with Gasteiger partial charge in [-0.25, -0.2) is 0 Å². The first kappa shape index (κ1) is 20.6. The lowest BCUT2D eigenvalue weighted by Gasteiger charge is -2.26. The Hall–Kier alpha value is -3.33. The average molecular weight is 423 g/mol. The highest BCUT2D eigenvalue weighted by Crippen LogP contribution is 2.30. The maximum Gasteiger partial charge on any atom is 0.220 e. The van der Waals surface area contributed by atoms with Crippen molar-refractivity contribution in [2.75, 3.05) is 0 Å². The Morgan fingerprint density at radius 1 is 0.969 bits per heavy atom. The number of carbonyl (C=O) groups is 1. The Morgan fingerprint density at radius 2 is 1.75 bits per heavy atom. The molecular weight excluding hydrogens is 392 g/mol. The van der Waals surface area contributed by atoms with Gasteiger partial charge in [0.15, 0.2) is 0 Å². The second-order valence-electron chi connectivity index (χ2n) is 8.94. The summed E-state index contributed by atoms with van der Waals surface area (Å²) < 4.78 is 2.32. The van der Waals surface area contributed by atoms with Gasteiger partial charge in [-0.15, -0.1) is 0 Å². The van der Waals surface area contributed by atoms with Crippen molar-refractivity contribution in [3.63, 3.8) is 0 Å². The molecule has 0 fully saturated rings. The number of hydrogen-bond donors (Lipinski definition) is 1. The maximum absolute atomic E-state index is 12.9. The van der Waals surface area contributed by atoms with Gasteiger partial charge in [0.1, 0.15) is 0 Å². The van der Waals surface area contributed by atoms with Crippen molar-refractivity contribution in [2.24, 2.45) is 0 Å². The van der Waals surface area contributed by atoms with Gasteiger partial charge in [0.2, 0.25) is 5.91 Å². The lowest BCUT2D eigenvalue weighted by molar-refractivity contribution is -0.121. The third-order valence-electron chi connectivity index (χ3n) is 6.80. The molecule has 1 aliphatic carbocycles. The van der Waals surface area contributed by atoms with E-state index in [4.69, 9.17) is 0 Å². The van der Waals surface area contributed by atoms with E-state index in [1.54, 1.807) is 0 Å². The van der Waals surface area contributed by atoms with Crippen LogP contribution in [-0.4, -0.2) is 10.5 Å². The predicted octanol–water partition coefficient (Wildman–Crippen LogP) is 6.12. The Bertz CT molecular complexity index is 1250. The van der Waals surface area contributed by atoms with Crippen LogP contribution in [0.4, 0.5) is 0 Å². The van der Waals surface area contributed by atoms with Crippen molar-refractivity contribution < 1.29 is 4.79 Å². The van der Waals surface area contributed by atoms with Gasteiger partial charge < -0.3 is 9.88 Å². The van der Waals surface area contributed by atoms with Crippen molar-refractivity contribution >= 4 is 16.8 Å². The van der Waals surface area contributed by atoms with Gasteiger partial charge in [-0.2, -0.15) is 0 Å². The molecule has 0 radical (unpaired) electrons. The number of fused-ring (bicyclic) bond motifs is 2. The number of hydrogen-bond acceptors (Lipinski definition) is 1. The molecular formula is C29H30N2O. The smallest absolute Gasteiger partial charge is 0.220 e. The number of nitrogens with zero attached hydrogens (tertiary/aromatic N) is 1. The van der Waals surface area contributed by atoms with E-state index in [2.05, 4.69) is 95.8 Å². The predicted molar refractivity (Wildman–Crippen MR) is 131 cm³/mol. The van der Waals surface area contributed by atoms with Gasteiger partial charge in [0.25, 0.3) is 0 Å². The molecule has 3 nitrogen and oxygen atoms in total. The lowest BCUT2D eigenvalue weighted by Crippen LogP contribution is -2.31. The summed E-state index contributed by atoms with van der Waals surface area (Å²) in [5.41, 5.74) is 7.78. The molecule has 32 heavy (non-hydrogen) atoms. The Balaban J connectivity index is 1.31. The summed E-state index contributed by atoms with van der Waals surface area (Å²) in [5.74, 6) is 0.141. The second kappa shape index (κ2) is 9.04. The van der Waals surface area contributed by atoms with E-state index in [0.717, 1.165) is 32.2 Å². The maximum atomic E-state index is 12.9. The summed E-state index contributed by atoms with van der Waals surface area (Å²) in [6, 6.07) is 25.7. The van der Waals surface area contributed by atoms with Crippen molar-refractivity contribution in [3.05, 3.63) is 107 Å². The molecule has 0 aliphatic heterocycles. The minimum Gasteiger partial charge on any atom is -0.349 e. The van der Waals surface area contributed by atoms with E-state index in [9.17, 15) is 4.79 Å². The molecule has 1 N–H and O–H groups in total. The van der Waals surface area contributed by atoms with Gasteiger partial charge in [-0.1, -0.05) is 66.7 Å². The molecule has 1 heterocycles. The summed E-state index contributed by atoms with van der Waals surface area (Å²) in [6.07, 6.45) is 6.77. The van der Waals surface area contributed by atoms with E-state index in [1.165, 1.54) is 38.7 Å². The second-order valence-corrected chi connectivity index (χ2v) is 8.94. The van der Waals surface area contributed by atoms with Crippen molar-refractivity contribution in [2.45, 2.75) is 51.6 Å². The summed E-state index contributed by atoms with van der Waals surface area (Å²) in [4.78, 5) is 12.9. The first-order chi connectivity index (χ1) is 15.7. The molecule has 4 aromatic rings. The van der Waals surface area contributed by atoms with Gasteiger partial charge in [-0.3, -0.25) is 4.79 Å². The number of para-hydroxylation sites is 1. The summed E-state index contributed by atoms with van der Waals surface area (Å²) in [6.45, 7) is 3.01. The molecule has 0 bridgehead atoms. The van der Waals surface area contributed by atoms with Crippen LogP contribution < -0.4 is 5.32 Å². The molecule has 1 aliphatic rings. The summed E-state index contributed by atoms with van der Waals surface area (Å²) in [5, 5.41) is 4.55. The SMILES string of the molecule is Cc1ccccc1Cn1cc(CCC(=O)NC2CCCc3ccccc32)c2ccccc21. The van der Waals surface area contributed by atoms with Crippen molar-refractivity contribution in [1.29, 1.82) is 0 Å². The molecule has 0 saturated carbocycles. The van der Waals surface area contributed by atoms with Crippen LogP contribution in [0.25, 0.3) is 10.9 Å². The minimum atomic E-state index is 0.141. The number of rotatable bonds is 6. The van der Waals surface area contributed by atoms with Crippen molar-refractivity contribution in [1.82, 2.24) is 9.88 Å². The fourth-order valence-electron chi connectivity index (χ4n) is 5.04. The molecule has 162 valence electrons. The molecule has 3 heteroatoms. The summed E-state index contributed by atoms with van der Waals surface area (Å²) >= 11 is 0. The van der Waals surface area contributed by atoms with Gasteiger partial charge in [0, 0.05) is 30.1 Å². The molecule has 5 rings (SSSR count). The average Bonchev–Trinajstić information content (AvgIpc) is 3.17. The first-order valence-corrected chi connectivity index (χ1v) is 11.7. The Labute approximate surface area is 190 Å².